The Labute approximate surface area is 240 Å². The van der Waals surface area contributed by atoms with Gasteiger partial charge in [-0.15, -0.1) is 0 Å². The molecule has 0 fully saturated rings. The van der Waals surface area contributed by atoms with Crippen LogP contribution in [0.25, 0.3) is 34.0 Å². The van der Waals surface area contributed by atoms with E-state index in [1.54, 1.807) is 42.5 Å². The highest BCUT2D eigenvalue weighted by Gasteiger charge is 2.09. The predicted octanol–water partition coefficient (Wildman–Crippen LogP) is 6.71. The Morgan fingerprint density at radius 1 is 0.789 bits per heavy atom. The molecule has 0 saturated carbocycles. The van der Waals surface area contributed by atoms with E-state index in [1.165, 1.54) is 12.7 Å². The van der Waals surface area contributed by atoms with Gasteiger partial charge < -0.3 is 15.5 Å². The second kappa shape index (κ2) is 12.3. The van der Waals surface area contributed by atoms with Gasteiger partial charge in [0.2, 0.25) is 0 Å². The van der Waals surface area contributed by atoms with E-state index in [0.717, 1.165) is 11.1 Å². The molecule has 0 aliphatic rings. The van der Waals surface area contributed by atoms with Gasteiger partial charge in [-0.25, -0.2) is 19.9 Å². The fourth-order valence-corrected chi connectivity index (χ4v) is 3.73. The minimum Gasteiger partial charge on any atom is -0.409 e. The molecule has 0 aliphatic carbocycles. The fourth-order valence-electron chi connectivity index (χ4n) is 3.00. The monoisotopic (exact) mass is 606 g/mol. The molecule has 0 unspecified atom stereocenters. The number of amidine groups is 1. The summed E-state index contributed by atoms with van der Waals surface area (Å²) in [6.45, 7) is 0. The molecule has 0 atom stereocenters. The second-order valence-corrected chi connectivity index (χ2v) is 9.23. The smallest absolute Gasteiger partial charge is 0.314 e. The van der Waals surface area contributed by atoms with E-state index in [0.29, 0.717) is 48.7 Å². The van der Waals surface area contributed by atoms with Crippen molar-refractivity contribution in [2.45, 2.75) is 0 Å². The molecule has 0 amide bonds. The van der Waals surface area contributed by atoms with Crippen LogP contribution in [0.5, 0.6) is 0 Å². The van der Waals surface area contributed by atoms with Crippen LogP contribution in [0.3, 0.4) is 0 Å². The van der Waals surface area contributed by atoms with Gasteiger partial charge in [-0.2, -0.15) is 10.1 Å². The standard InChI is InChI=1S/C12H6Cl2N4OS.C11H8Cl2N4O/c13-7-2-1-6(3-8(7)14)9-4-10(16-5-15-9)11-17-12(20)19-18-11;12-7-2-1-6(3-8(7)13)9-4-10(11(14)17-18)16-5-15-9/h1-5H,(H,17,18,20);1-5,18H,(H2,14,17). The van der Waals surface area contributed by atoms with Gasteiger partial charge in [0, 0.05) is 11.1 Å². The molecule has 0 radical (unpaired) electrons. The molecule has 5 rings (SSSR count). The topological polar surface area (TPSA) is 152 Å². The molecule has 192 valence electrons. The largest absolute Gasteiger partial charge is 0.409 e. The van der Waals surface area contributed by atoms with Gasteiger partial charge >= 0.3 is 4.84 Å². The first-order valence-electron chi connectivity index (χ1n) is 10.3. The lowest BCUT2D eigenvalue weighted by atomic mass is 10.1. The highest BCUT2D eigenvalue weighted by Crippen LogP contribution is 2.29. The molecule has 0 saturated heterocycles. The third kappa shape index (κ3) is 6.63. The number of rotatable bonds is 4. The van der Waals surface area contributed by atoms with Gasteiger partial charge in [-0.05, 0) is 48.6 Å². The van der Waals surface area contributed by atoms with Crippen LogP contribution >= 0.6 is 58.6 Å². The van der Waals surface area contributed by atoms with E-state index in [-0.39, 0.29) is 10.7 Å². The van der Waals surface area contributed by atoms with E-state index in [9.17, 15) is 0 Å². The Kier molecular flexibility index (Phi) is 8.87. The maximum absolute atomic E-state index is 8.59. The summed E-state index contributed by atoms with van der Waals surface area (Å²) in [5, 5.41) is 15.9. The van der Waals surface area contributed by atoms with Crippen molar-refractivity contribution in [1.29, 1.82) is 0 Å². The first-order chi connectivity index (χ1) is 18.2. The van der Waals surface area contributed by atoms with Crippen LogP contribution in [-0.4, -0.2) is 41.1 Å². The van der Waals surface area contributed by atoms with Gasteiger partial charge in [-0.1, -0.05) is 63.7 Å². The summed E-state index contributed by atoms with van der Waals surface area (Å²) in [4.78, 5) is 20.4. The Hall–Kier alpha value is -3.61. The quantitative estimate of drug-likeness (QED) is 0.0665. The summed E-state index contributed by atoms with van der Waals surface area (Å²) in [6.07, 6.45) is 2.75. The van der Waals surface area contributed by atoms with Crippen molar-refractivity contribution in [3.63, 3.8) is 0 Å². The Morgan fingerprint density at radius 3 is 1.87 bits per heavy atom. The molecule has 3 aromatic heterocycles. The summed E-state index contributed by atoms with van der Waals surface area (Å²) < 4.78 is 4.88. The van der Waals surface area contributed by atoms with Crippen molar-refractivity contribution in [3.05, 3.63) is 91.8 Å². The molecule has 0 spiro atoms. The van der Waals surface area contributed by atoms with E-state index < -0.39 is 0 Å². The van der Waals surface area contributed by atoms with Crippen molar-refractivity contribution in [1.82, 2.24) is 30.1 Å². The highest BCUT2D eigenvalue weighted by atomic mass is 35.5. The SMILES string of the molecule is N/C(=N\O)c1cc(-c2ccc(Cl)c(Cl)c2)ncn1.S=c1nc(-c2cc(-c3ccc(Cl)c(Cl)c3)ncn2)[nH]o1. The number of hydrogen-bond donors (Lipinski definition) is 3. The molecule has 10 nitrogen and oxygen atoms in total. The number of halogens is 4. The van der Waals surface area contributed by atoms with Gasteiger partial charge in [0.25, 0.3) is 0 Å². The number of nitrogens with two attached hydrogens (primary N) is 1. The maximum Gasteiger partial charge on any atom is 0.314 e. The van der Waals surface area contributed by atoms with Gasteiger partial charge in [0.1, 0.15) is 24.0 Å². The summed E-state index contributed by atoms with van der Waals surface area (Å²) in [7, 11) is 0. The summed E-state index contributed by atoms with van der Waals surface area (Å²) in [5.41, 5.74) is 9.24. The van der Waals surface area contributed by atoms with Crippen molar-refractivity contribution in [2.75, 3.05) is 0 Å². The number of aromatic nitrogens is 6. The van der Waals surface area contributed by atoms with Crippen LogP contribution in [0.1, 0.15) is 5.69 Å². The average molecular weight is 608 g/mol. The molecule has 3 heterocycles. The normalized spacial score (nSPS) is 11.1. The highest BCUT2D eigenvalue weighted by molar-refractivity contribution is 7.71. The number of hydrogen-bond acceptors (Lipinski definition) is 9. The van der Waals surface area contributed by atoms with Crippen molar-refractivity contribution < 1.29 is 9.73 Å². The molecule has 38 heavy (non-hydrogen) atoms. The third-order valence-electron chi connectivity index (χ3n) is 4.82. The van der Waals surface area contributed by atoms with E-state index >= 15 is 0 Å². The lowest BCUT2D eigenvalue weighted by Crippen LogP contribution is -2.15. The van der Waals surface area contributed by atoms with E-state index in [2.05, 4.69) is 35.2 Å². The molecule has 0 bridgehead atoms. The number of aromatic amines is 1. The van der Waals surface area contributed by atoms with Crippen molar-refractivity contribution in [3.8, 4) is 34.0 Å². The minimum absolute atomic E-state index is 0.0845. The molecule has 4 N–H and O–H groups in total. The average Bonchev–Trinajstić information content (AvgIpc) is 3.38. The van der Waals surface area contributed by atoms with Crippen LogP contribution in [0, 0.1) is 4.84 Å². The predicted molar refractivity (Wildman–Crippen MR) is 148 cm³/mol. The summed E-state index contributed by atoms with van der Waals surface area (Å²) in [5.74, 6) is 0.359. The first-order valence-corrected chi connectivity index (χ1v) is 12.3. The van der Waals surface area contributed by atoms with Crippen LogP contribution in [0.2, 0.25) is 20.1 Å². The number of oxime groups is 1. The zero-order valence-corrected chi connectivity index (χ0v) is 22.6. The second-order valence-electron chi connectivity index (χ2n) is 7.25. The number of H-pyrrole nitrogens is 1. The van der Waals surface area contributed by atoms with Crippen LogP contribution < -0.4 is 5.73 Å². The molecular weight excluding hydrogens is 594 g/mol. The summed E-state index contributed by atoms with van der Waals surface area (Å²) in [6, 6.07) is 13.7. The zero-order chi connectivity index (χ0) is 27.2. The maximum atomic E-state index is 8.59. The minimum atomic E-state index is -0.0845. The zero-order valence-electron chi connectivity index (χ0n) is 18.8. The lowest BCUT2D eigenvalue weighted by Gasteiger charge is -2.04. The molecule has 15 heteroatoms. The molecular formula is C23H14Cl4N8O2S. The Bertz CT molecular complexity index is 1690. The number of benzene rings is 2. The van der Waals surface area contributed by atoms with E-state index in [1.807, 2.05) is 6.07 Å². The van der Waals surface area contributed by atoms with E-state index in [4.69, 9.17) is 74.1 Å². The summed E-state index contributed by atoms with van der Waals surface area (Å²) >= 11 is 28.5. The Morgan fingerprint density at radius 2 is 1.34 bits per heavy atom. The van der Waals surface area contributed by atoms with Crippen LogP contribution in [0.4, 0.5) is 0 Å². The first kappa shape index (κ1) is 27.4. The van der Waals surface area contributed by atoms with Gasteiger partial charge in [-0.3, -0.25) is 0 Å². The fraction of sp³-hybridized carbons (Fsp3) is 0. The molecule has 0 aliphatic heterocycles. The molecule has 5 aromatic rings. The number of nitrogens with zero attached hydrogens (tertiary/aromatic N) is 6. The van der Waals surface area contributed by atoms with Crippen molar-refractivity contribution in [2.24, 2.45) is 10.9 Å². The lowest BCUT2D eigenvalue weighted by molar-refractivity contribution is 0.318. The third-order valence-corrected chi connectivity index (χ3v) is 6.47. The molecule has 2 aromatic carbocycles. The van der Waals surface area contributed by atoms with Crippen LogP contribution in [0.15, 0.2) is 70.9 Å². The van der Waals surface area contributed by atoms with Crippen LogP contribution in [-0.2, 0) is 0 Å². The van der Waals surface area contributed by atoms with Crippen molar-refractivity contribution >= 4 is 64.5 Å². The van der Waals surface area contributed by atoms with Gasteiger partial charge in [0.05, 0.1) is 31.5 Å². The Balaban J connectivity index is 0.000000178. The van der Waals surface area contributed by atoms with Gasteiger partial charge in [0.15, 0.2) is 11.7 Å². The number of nitrogens with one attached hydrogen (secondary N) is 1.